The van der Waals surface area contributed by atoms with Crippen LogP contribution in [0.25, 0.3) is 0 Å². The number of nitrogens with zero attached hydrogens (tertiary/aromatic N) is 3. The highest BCUT2D eigenvalue weighted by Gasteiger charge is 2.31. The van der Waals surface area contributed by atoms with Gasteiger partial charge in [0, 0.05) is 54.8 Å². The molecule has 2 amide bonds. The highest BCUT2D eigenvalue weighted by molar-refractivity contribution is 6.04. The molecule has 0 fully saturated rings. The van der Waals surface area contributed by atoms with Gasteiger partial charge in [-0.1, -0.05) is 37.3 Å². The molecule has 0 radical (unpaired) electrons. The quantitative estimate of drug-likeness (QED) is 0.475. The van der Waals surface area contributed by atoms with Gasteiger partial charge in [-0.2, -0.15) is 0 Å². The molecule has 1 aliphatic heterocycles. The fourth-order valence-electron chi connectivity index (χ4n) is 4.70. The number of carbonyl (C=O) groups is 2. The van der Waals surface area contributed by atoms with Gasteiger partial charge in [-0.3, -0.25) is 19.5 Å². The first kappa shape index (κ1) is 27.3. The Labute approximate surface area is 224 Å². The van der Waals surface area contributed by atoms with Crippen LogP contribution >= 0.6 is 0 Å². The molecule has 2 heterocycles. The van der Waals surface area contributed by atoms with Crippen LogP contribution in [0, 0.1) is 5.92 Å². The Morgan fingerprint density at radius 1 is 1.18 bits per heavy atom. The van der Waals surface area contributed by atoms with Crippen molar-refractivity contribution in [2.45, 2.75) is 39.0 Å². The zero-order chi connectivity index (χ0) is 27.1. The molecular weight excluding hydrogens is 480 g/mol. The summed E-state index contributed by atoms with van der Waals surface area (Å²) in [6.45, 7) is 5.73. The molecular formula is C30H36N4O4. The molecule has 1 aromatic heterocycles. The van der Waals surface area contributed by atoms with Gasteiger partial charge in [-0.05, 0) is 49.9 Å². The second kappa shape index (κ2) is 12.7. The second-order valence-electron chi connectivity index (χ2n) is 10.1. The van der Waals surface area contributed by atoms with Gasteiger partial charge in [0.15, 0.2) is 0 Å². The highest BCUT2D eigenvalue weighted by atomic mass is 16.5. The summed E-state index contributed by atoms with van der Waals surface area (Å²) >= 11 is 0. The van der Waals surface area contributed by atoms with E-state index in [-0.39, 0.29) is 42.9 Å². The third-order valence-corrected chi connectivity index (χ3v) is 6.90. The van der Waals surface area contributed by atoms with Crippen molar-refractivity contribution in [1.29, 1.82) is 0 Å². The number of carbonyl (C=O) groups excluding carboxylic acids is 2. The van der Waals surface area contributed by atoms with Crippen LogP contribution in [0.15, 0.2) is 73.1 Å². The first-order valence-corrected chi connectivity index (χ1v) is 13.0. The number of anilines is 1. The summed E-state index contributed by atoms with van der Waals surface area (Å²) in [5.74, 6) is 0.304. The lowest BCUT2D eigenvalue weighted by atomic mass is 10.0. The summed E-state index contributed by atoms with van der Waals surface area (Å²) in [4.78, 5) is 34.0. The van der Waals surface area contributed by atoms with Gasteiger partial charge in [0.05, 0.1) is 19.1 Å². The average Bonchev–Trinajstić information content (AvgIpc) is 2.97. The summed E-state index contributed by atoms with van der Waals surface area (Å²) in [6, 6.07) is 18.7. The van der Waals surface area contributed by atoms with Crippen LogP contribution in [0.2, 0.25) is 0 Å². The molecule has 2 N–H and O–H groups in total. The third-order valence-electron chi connectivity index (χ3n) is 6.90. The molecule has 0 aliphatic carbocycles. The van der Waals surface area contributed by atoms with Crippen LogP contribution in [0.3, 0.4) is 0 Å². The van der Waals surface area contributed by atoms with Crippen LogP contribution in [-0.2, 0) is 17.8 Å². The Balaban J connectivity index is 1.60. The van der Waals surface area contributed by atoms with Gasteiger partial charge in [-0.15, -0.1) is 0 Å². The van der Waals surface area contributed by atoms with Gasteiger partial charge in [0.1, 0.15) is 11.9 Å². The van der Waals surface area contributed by atoms with E-state index in [9.17, 15) is 14.7 Å². The number of hydrogen-bond donors (Lipinski definition) is 2. The molecule has 0 saturated carbocycles. The number of hydrogen-bond acceptors (Lipinski definition) is 6. The number of ether oxygens (including phenoxy) is 1. The lowest BCUT2D eigenvalue weighted by Gasteiger charge is -2.34. The van der Waals surface area contributed by atoms with E-state index in [0.29, 0.717) is 35.7 Å². The van der Waals surface area contributed by atoms with Crippen LogP contribution in [-0.4, -0.2) is 70.6 Å². The van der Waals surface area contributed by atoms with E-state index in [0.717, 1.165) is 6.54 Å². The maximum absolute atomic E-state index is 13.4. The summed E-state index contributed by atoms with van der Waals surface area (Å²) in [6.07, 6.45) is 3.05. The first-order chi connectivity index (χ1) is 18.3. The number of likely N-dealkylation sites (N-methyl/N-ethyl adjacent to an activating group) is 1. The van der Waals surface area contributed by atoms with Crippen molar-refractivity contribution in [2.75, 3.05) is 32.1 Å². The minimum atomic E-state index is -0.316. The van der Waals surface area contributed by atoms with E-state index < -0.39 is 0 Å². The van der Waals surface area contributed by atoms with E-state index in [1.807, 2.05) is 31.2 Å². The third kappa shape index (κ3) is 6.96. The Kier molecular flexibility index (Phi) is 9.10. The topological polar surface area (TPSA) is 95.0 Å². The van der Waals surface area contributed by atoms with E-state index in [4.69, 9.17) is 4.74 Å². The number of pyridine rings is 1. The average molecular weight is 517 g/mol. The molecule has 0 unspecified atom stereocenters. The molecule has 0 spiro atoms. The highest BCUT2D eigenvalue weighted by Crippen LogP contribution is 2.29. The van der Waals surface area contributed by atoms with Gasteiger partial charge in [0.2, 0.25) is 5.91 Å². The molecule has 2 aromatic carbocycles. The smallest absolute Gasteiger partial charge is 0.255 e. The van der Waals surface area contributed by atoms with Crippen LogP contribution in [0.1, 0.15) is 35.3 Å². The predicted octanol–water partition coefficient (Wildman–Crippen LogP) is 3.61. The van der Waals surface area contributed by atoms with Crippen molar-refractivity contribution in [2.24, 2.45) is 5.92 Å². The Morgan fingerprint density at radius 2 is 1.92 bits per heavy atom. The van der Waals surface area contributed by atoms with E-state index in [2.05, 4.69) is 41.3 Å². The largest absolute Gasteiger partial charge is 0.488 e. The number of amides is 2. The maximum Gasteiger partial charge on any atom is 0.255 e. The van der Waals surface area contributed by atoms with Crippen molar-refractivity contribution < 1.29 is 19.4 Å². The Bertz CT molecular complexity index is 1220. The number of benzene rings is 2. The molecule has 1 aliphatic rings. The number of aromatic nitrogens is 1. The van der Waals surface area contributed by atoms with Crippen LogP contribution in [0.4, 0.5) is 5.69 Å². The van der Waals surface area contributed by atoms with E-state index in [1.165, 1.54) is 5.56 Å². The molecule has 4 rings (SSSR count). The molecule has 200 valence electrons. The van der Waals surface area contributed by atoms with E-state index in [1.54, 1.807) is 41.6 Å². The molecule has 38 heavy (non-hydrogen) atoms. The van der Waals surface area contributed by atoms with Crippen molar-refractivity contribution in [3.8, 4) is 5.75 Å². The zero-order valence-electron chi connectivity index (χ0n) is 22.2. The number of rotatable bonds is 8. The number of aliphatic hydroxyl groups is 1. The molecule has 0 saturated heterocycles. The van der Waals surface area contributed by atoms with Gasteiger partial charge in [-0.25, -0.2) is 0 Å². The Hall–Kier alpha value is -3.75. The fourth-order valence-corrected chi connectivity index (χ4v) is 4.70. The zero-order valence-corrected chi connectivity index (χ0v) is 22.2. The van der Waals surface area contributed by atoms with Crippen molar-refractivity contribution in [3.63, 3.8) is 0 Å². The number of nitrogens with one attached hydrogen (secondary N) is 1. The predicted molar refractivity (Wildman–Crippen MR) is 147 cm³/mol. The summed E-state index contributed by atoms with van der Waals surface area (Å²) in [5, 5.41) is 12.8. The first-order valence-electron chi connectivity index (χ1n) is 13.0. The van der Waals surface area contributed by atoms with Gasteiger partial charge < -0.3 is 20.1 Å². The molecule has 3 atom stereocenters. The van der Waals surface area contributed by atoms with Crippen LogP contribution < -0.4 is 10.1 Å². The lowest BCUT2D eigenvalue weighted by Crippen LogP contribution is -2.47. The van der Waals surface area contributed by atoms with E-state index >= 15 is 0 Å². The van der Waals surface area contributed by atoms with Gasteiger partial charge >= 0.3 is 0 Å². The molecule has 8 heteroatoms. The fraction of sp³-hybridized carbons (Fsp3) is 0.367. The maximum atomic E-state index is 13.4. The molecule has 3 aromatic rings. The van der Waals surface area contributed by atoms with Gasteiger partial charge in [0.25, 0.3) is 5.91 Å². The summed E-state index contributed by atoms with van der Waals surface area (Å²) in [5.41, 5.74) is 2.98. The van der Waals surface area contributed by atoms with Crippen molar-refractivity contribution >= 4 is 17.5 Å². The standard InChI is InChI=1S/C30H36N4O4/c1-21-17-34(22(2)20-35)29(36)16-25-15-26(32-30(37)24-11-13-31-14-12-24)9-10-27(25)38-28(21)19-33(3)18-23-7-5-4-6-8-23/h4-15,21-22,28,35H,16-20H2,1-3H3,(H,32,37)/t21-,22-,28-/m0/s1. The second-order valence-corrected chi connectivity index (χ2v) is 10.1. The molecule has 8 nitrogen and oxygen atoms in total. The molecule has 0 bridgehead atoms. The minimum absolute atomic E-state index is 0.0168. The monoisotopic (exact) mass is 516 g/mol. The summed E-state index contributed by atoms with van der Waals surface area (Å²) < 4.78 is 6.59. The number of aliphatic hydroxyl groups excluding tert-OH is 1. The SMILES string of the molecule is C[C@H]1CN([C@@H](C)CO)C(=O)Cc2cc(NC(=O)c3ccncc3)ccc2O[C@H]1CN(C)Cc1ccccc1. The van der Waals surface area contributed by atoms with Crippen molar-refractivity contribution in [1.82, 2.24) is 14.8 Å². The lowest BCUT2D eigenvalue weighted by molar-refractivity contribution is -0.134. The number of fused-ring (bicyclic) bond motifs is 1. The van der Waals surface area contributed by atoms with Crippen molar-refractivity contribution in [3.05, 3.63) is 89.7 Å². The summed E-state index contributed by atoms with van der Waals surface area (Å²) in [7, 11) is 2.06. The Morgan fingerprint density at radius 3 is 2.63 bits per heavy atom. The minimum Gasteiger partial charge on any atom is -0.488 e. The van der Waals surface area contributed by atoms with Crippen LogP contribution in [0.5, 0.6) is 5.75 Å². The normalized spacial score (nSPS) is 18.6.